The second kappa shape index (κ2) is 7.10. The van der Waals surface area contributed by atoms with Gasteiger partial charge in [0.15, 0.2) is 0 Å². The van der Waals surface area contributed by atoms with Crippen LogP contribution in [0.4, 0.5) is 0 Å². The predicted octanol–water partition coefficient (Wildman–Crippen LogP) is 4.84. The molecule has 1 aromatic heterocycles. The molecule has 1 N–H and O–H groups in total. The van der Waals surface area contributed by atoms with Crippen molar-refractivity contribution < 1.29 is 0 Å². The van der Waals surface area contributed by atoms with E-state index < -0.39 is 0 Å². The molecule has 0 aliphatic heterocycles. The number of aryl methyl sites for hydroxylation is 2. The van der Waals surface area contributed by atoms with Crippen molar-refractivity contribution in [3.05, 3.63) is 35.5 Å². The Morgan fingerprint density at radius 3 is 2.13 bits per heavy atom. The first-order valence-electron chi connectivity index (χ1n) is 5.82. The van der Waals surface area contributed by atoms with Crippen molar-refractivity contribution in [2.45, 2.75) is 41.5 Å². The van der Waals surface area contributed by atoms with Crippen LogP contribution in [0.2, 0.25) is 0 Å². The van der Waals surface area contributed by atoms with Gasteiger partial charge in [-0.05, 0) is 31.5 Å². The predicted molar refractivity (Wildman–Crippen MR) is 70.5 cm³/mol. The summed E-state index contributed by atoms with van der Waals surface area (Å²) in [6, 6.07) is 6.46. The average molecular weight is 205 g/mol. The fraction of sp³-hybridized carbons (Fsp3) is 0.429. The lowest BCUT2D eigenvalue weighted by Gasteiger charge is -1.92. The fourth-order valence-electron chi connectivity index (χ4n) is 1.37. The third kappa shape index (κ3) is 3.43. The number of hydrogen-bond acceptors (Lipinski definition) is 0. The zero-order valence-electron chi connectivity index (χ0n) is 10.8. The van der Waals surface area contributed by atoms with Gasteiger partial charge in [0.25, 0.3) is 0 Å². The summed E-state index contributed by atoms with van der Waals surface area (Å²) in [5.41, 5.74) is 3.87. The molecule has 0 aliphatic carbocycles. The molecule has 0 radical (unpaired) electrons. The Kier molecular flexibility index (Phi) is 6.52. The van der Waals surface area contributed by atoms with E-state index in [0.717, 1.165) is 0 Å². The molecule has 1 heterocycles. The molecule has 0 unspecified atom stereocenters. The molecule has 0 spiro atoms. The van der Waals surface area contributed by atoms with Crippen molar-refractivity contribution in [1.82, 2.24) is 4.98 Å². The molecule has 2 aromatic rings. The molecular weight excluding hydrogens is 182 g/mol. The van der Waals surface area contributed by atoms with Crippen LogP contribution >= 0.6 is 0 Å². The lowest BCUT2D eigenvalue weighted by molar-refractivity contribution is 1.42. The minimum Gasteiger partial charge on any atom is -0.361 e. The number of nitrogens with one attached hydrogen (secondary N) is 1. The second-order valence-electron chi connectivity index (χ2n) is 3.02. The van der Waals surface area contributed by atoms with Gasteiger partial charge in [-0.3, -0.25) is 0 Å². The van der Waals surface area contributed by atoms with Gasteiger partial charge in [0.2, 0.25) is 0 Å². The van der Waals surface area contributed by atoms with Crippen molar-refractivity contribution in [2.75, 3.05) is 0 Å². The van der Waals surface area contributed by atoms with Crippen LogP contribution in [0.1, 0.15) is 38.8 Å². The van der Waals surface area contributed by atoms with Crippen LogP contribution in [0.5, 0.6) is 0 Å². The van der Waals surface area contributed by atoms with Crippen LogP contribution in [0.3, 0.4) is 0 Å². The van der Waals surface area contributed by atoms with Gasteiger partial charge in [-0.1, -0.05) is 39.3 Å². The number of H-pyrrole nitrogens is 1. The monoisotopic (exact) mass is 205 g/mol. The smallest absolute Gasteiger partial charge is 0.0456 e. The summed E-state index contributed by atoms with van der Waals surface area (Å²) in [4.78, 5) is 3.22. The standard InChI is InChI=1S/C10H11N.2C2H6/c1-7-3-4-10-9(5-7)8(2)6-11-10;2*1-2/h3-6,11H,1-2H3;2*1-2H3. The summed E-state index contributed by atoms with van der Waals surface area (Å²) in [5, 5.41) is 1.34. The maximum atomic E-state index is 3.22. The molecular formula is C14H23N. The summed E-state index contributed by atoms with van der Waals surface area (Å²) in [6.45, 7) is 12.2. The van der Waals surface area contributed by atoms with Gasteiger partial charge in [-0.15, -0.1) is 0 Å². The zero-order chi connectivity index (χ0) is 11.8. The van der Waals surface area contributed by atoms with E-state index in [2.05, 4.69) is 37.0 Å². The van der Waals surface area contributed by atoms with Crippen molar-refractivity contribution in [1.29, 1.82) is 0 Å². The highest BCUT2D eigenvalue weighted by Crippen LogP contribution is 2.17. The molecule has 1 nitrogen and oxygen atoms in total. The van der Waals surface area contributed by atoms with Crippen LogP contribution in [-0.2, 0) is 0 Å². The molecule has 0 saturated heterocycles. The Balaban J connectivity index is 0.000000442. The number of rotatable bonds is 0. The van der Waals surface area contributed by atoms with E-state index in [1.807, 2.05) is 33.9 Å². The lowest BCUT2D eigenvalue weighted by Crippen LogP contribution is -1.72. The molecule has 0 fully saturated rings. The molecule has 0 aliphatic rings. The Hall–Kier alpha value is -1.24. The number of benzene rings is 1. The molecule has 1 aromatic carbocycles. The van der Waals surface area contributed by atoms with Crippen LogP contribution in [-0.4, -0.2) is 4.98 Å². The molecule has 1 heteroatoms. The highest BCUT2D eigenvalue weighted by Gasteiger charge is 1.97. The van der Waals surface area contributed by atoms with Gasteiger partial charge in [-0.2, -0.15) is 0 Å². The summed E-state index contributed by atoms with van der Waals surface area (Å²) in [5.74, 6) is 0. The van der Waals surface area contributed by atoms with E-state index in [9.17, 15) is 0 Å². The van der Waals surface area contributed by atoms with Crippen LogP contribution in [0.25, 0.3) is 10.9 Å². The topological polar surface area (TPSA) is 15.8 Å². The van der Waals surface area contributed by atoms with E-state index in [-0.39, 0.29) is 0 Å². The Morgan fingerprint density at radius 1 is 0.933 bits per heavy atom. The highest BCUT2D eigenvalue weighted by molar-refractivity contribution is 5.83. The van der Waals surface area contributed by atoms with E-state index in [1.54, 1.807) is 0 Å². The second-order valence-corrected chi connectivity index (χ2v) is 3.02. The maximum absolute atomic E-state index is 3.22. The van der Waals surface area contributed by atoms with Crippen molar-refractivity contribution >= 4 is 10.9 Å². The minimum absolute atomic E-state index is 1.23. The van der Waals surface area contributed by atoms with Gasteiger partial charge in [0.05, 0.1) is 0 Å². The lowest BCUT2D eigenvalue weighted by atomic mass is 10.1. The highest BCUT2D eigenvalue weighted by atomic mass is 14.7. The maximum Gasteiger partial charge on any atom is 0.0456 e. The number of aromatic amines is 1. The molecule has 0 amide bonds. The van der Waals surface area contributed by atoms with E-state index in [4.69, 9.17) is 0 Å². The minimum atomic E-state index is 1.23. The van der Waals surface area contributed by atoms with E-state index in [1.165, 1.54) is 22.0 Å². The van der Waals surface area contributed by atoms with Gasteiger partial charge >= 0.3 is 0 Å². The first-order valence-corrected chi connectivity index (χ1v) is 5.82. The van der Waals surface area contributed by atoms with Crippen LogP contribution in [0, 0.1) is 13.8 Å². The summed E-state index contributed by atoms with van der Waals surface area (Å²) >= 11 is 0. The molecule has 0 atom stereocenters. The number of fused-ring (bicyclic) bond motifs is 1. The van der Waals surface area contributed by atoms with Crippen molar-refractivity contribution in [3.8, 4) is 0 Å². The normalized spacial score (nSPS) is 8.67. The number of aromatic nitrogens is 1. The van der Waals surface area contributed by atoms with Gasteiger partial charge in [-0.25, -0.2) is 0 Å². The Labute approximate surface area is 93.5 Å². The average Bonchev–Trinajstić information content (AvgIpc) is 2.66. The molecule has 84 valence electrons. The first kappa shape index (κ1) is 13.8. The van der Waals surface area contributed by atoms with E-state index in [0.29, 0.717) is 0 Å². The van der Waals surface area contributed by atoms with Crippen molar-refractivity contribution in [2.24, 2.45) is 0 Å². The molecule has 0 saturated carbocycles. The third-order valence-electron chi connectivity index (χ3n) is 2.04. The quantitative estimate of drug-likeness (QED) is 0.633. The van der Waals surface area contributed by atoms with Crippen LogP contribution in [0.15, 0.2) is 24.4 Å². The Bertz CT molecular complexity index is 385. The largest absolute Gasteiger partial charge is 0.361 e. The van der Waals surface area contributed by atoms with E-state index >= 15 is 0 Å². The Morgan fingerprint density at radius 2 is 1.53 bits per heavy atom. The summed E-state index contributed by atoms with van der Waals surface area (Å²) < 4.78 is 0. The van der Waals surface area contributed by atoms with Crippen molar-refractivity contribution in [3.63, 3.8) is 0 Å². The first-order chi connectivity index (χ1) is 7.27. The SMILES string of the molecule is CC.CC.Cc1ccc2[nH]cc(C)c2c1. The third-order valence-corrected chi connectivity index (χ3v) is 2.04. The number of hydrogen-bond donors (Lipinski definition) is 1. The molecule has 15 heavy (non-hydrogen) atoms. The summed E-state index contributed by atoms with van der Waals surface area (Å²) in [6.07, 6.45) is 2.05. The summed E-state index contributed by atoms with van der Waals surface area (Å²) in [7, 11) is 0. The van der Waals surface area contributed by atoms with Gasteiger partial charge < -0.3 is 4.98 Å². The zero-order valence-corrected chi connectivity index (χ0v) is 10.8. The fourth-order valence-corrected chi connectivity index (χ4v) is 1.37. The van der Waals surface area contributed by atoms with Gasteiger partial charge in [0, 0.05) is 17.1 Å². The molecule has 2 rings (SSSR count). The van der Waals surface area contributed by atoms with Crippen LogP contribution < -0.4 is 0 Å². The molecule has 0 bridgehead atoms. The van der Waals surface area contributed by atoms with Gasteiger partial charge in [0.1, 0.15) is 0 Å².